The molecule has 0 unspecified atom stereocenters. The van der Waals surface area contributed by atoms with Crippen molar-refractivity contribution >= 4 is 5.91 Å². The summed E-state index contributed by atoms with van der Waals surface area (Å²) in [5.41, 5.74) is 1.03. The topological polar surface area (TPSA) is 47.6 Å². The summed E-state index contributed by atoms with van der Waals surface area (Å²) < 4.78 is 10.8. The van der Waals surface area contributed by atoms with Gasteiger partial charge < -0.3 is 14.8 Å². The van der Waals surface area contributed by atoms with E-state index in [1.165, 1.54) is 6.92 Å². The molecule has 4 nitrogen and oxygen atoms in total. The molecule has 0 bridgehead atoms. The van der Waals surface area contributed by atoms with Crippen LogP contribution in [0.2, 0.25) is 0 Å². The summed E-state index contributed by atoms with van der Waals surface area (Å²) >= 11 is 0. The Morgan fingerprint density at radius 3 is 3.06 bits per heavy atom. The third kappa shape index (κ3) is 2.70. The molecular formula is C13H17NO3. The molecule has 0 fully saturated rings. The normalized spacial score (nSPS) is 18.6. The highest BCUT2D eigenvalue weighted by molar-refractivity contribution is 5.73. The van der Waals surface area contributed by atoms with Crippen molar-refractivity contribution in [1.82, 2.24) is 5.32 Å². The van der Waals surface area contributed by atoms with Crippen LogP contribution in [0.3, 0.4) is 0 Å². The summed E-state index contributed by atoms with van der Waals surface area (Å²) in [5, 5.41) is 2.96. The van der Waals surface area contributed by atoms with Crippen LogP contribution in [0.4, 0.5) is 0 Å². The number of carbonyl (C=O) groups is 1. The summed E-state index contributed by atoms with van der Waals surface area (Å²) in [6, 6.07) is 5.76. The first kappa shape index (κ1) is 11.8. The first-order valence-electron chi connectivity index (χ1n) is 5.78. The highest BCUT2D eigenvalue weighted by atomic mass is 16.5. The molecule has 0 saturated heterocycles. The van der Waals surface area contributed by atoms with Gasteiger partial charge in [-0.25, -0.2) is 0 Å². The van der Waals surface area contributed by atoms with Crippen molar-refractivity contribution in [2.45, 2.75) is 25.8 Å². The summed E-state index contributed by atoms with van der Waals surface area (Å²) in [4.78, 5) is 11.2. The molecule has 1 aromatic carbocycles. The van der Waals surface area contributed by atoms with E-state index >= 15 is 0 Å². The molecule has 0 aliphatic carbocycles. The Morgan fingerprint density at radius 2 is 2.35 bits per heavy atom. The number of methoxy groups -OCH3 is 1. The van der Waals surface area contributed by atoms with E-state index in [1.54, 1.807) is 7.11 Å². The van der Waals surface area contributed by atoms with E-state index in [2.05, 4.69) is 5.32 Å². The van der Waals surface area contributed by atoms with E-state index in [9.17, 15) is 4.79 Å². The van der Waals surface area contributed by atoms with Gasteiger partial charge in [-0.15, -0.1) is 0 Å². The number of hydrogen-bond donors (Lipinski definition) is 1. The Kier molecular flexibility index (Phi) is 3.52. The lowest BCUT2D eigenvalue weighted by atomic mass is 10.0. The number of hydrogen-bond acceptors (Lipinski definition) is 3. The standard InChI is InChI=1S/C13H17NO3/c1-9(15)14-12-4-3-7-17-13-8-10(16-2)5-6-11(12)13/h5-6,8,12H,3-4,7H2,1-2H3,(H,14,15)/t12-/m0/s1. The first-order valence-corrected chi connectivity index (χ1v) is 5.78. The fourth-order valence-corrected chi connectivity index (χ4v) is 2.07. The van der Waals surface area contributed by atoms with Gasteiger partial charge in [-0.3, -0.25) is 4.79 Å². The molecular weight excluding hydrogens is 218 g/mol. The van der Waals surface area contributed by atoms with Crippen molar-refractivity contribution < 1.29 is 14.3 Å². The largest absolute Gasteiger partial charge is 0.497 e. The van der Waals surface area contributed by atoms with Crippen LogP contribution in [-0.4, -0.2) is 19.6 Å². The van der Waals surface area contributed by atoms with Gasteiger partial charge >= 0.3 is 0 Å². The summed E-state index contributed by atoms with van der Waals surface area (Å²) in [5.74, 6) is 1.56. The molecule has 1 aliphatic rings. The Bertz CT molecular complexity index is 417. The highest BCUT2D eigenvalue weighted by Gasteiger charge is 2.20. The molecule has 1 heterocycles. The van der Waals surface area contributed by atoms with Gasteiger partial charge in [0.05, 0.1) is 19.8 Å². The molecule has 0 aromatic heterocycles. The second kappa shape index (κ2) is 5.08. The Morgan fingerprint density at radius 1 is 1.53 bits per heavy atom. The van der Waals surface area contributed by atoms with Crippen LogP contribution in [-0.2, 0) is 4.79 Å². The lowest BCUT2D eigenvalue weighted by Crippen LogP contribution is -2.25. The van der Waals surface area contributed by atoms with Crippen LogP contribution in [0.15, 0.2) is 18.2 Å². The second-order valence-corrected chi connectivity index (χ2v) is 4.15. The van der Waals surface area contributed by atoms with Crippen molar-refractivity contribution in [2.24, 2.45) is 0 Å². The van der Waals surface area contributed by atoms with Crippen LogP contribution in [0.25, 0.3) is 0 Å². The van der Waals surface area contributed by atoms with Crippen molar-refractivity contribution in [3.8, 4) is 11.5 Å². The monoisotopic (exact) mass is 235 g/mol. The van der Waals surface area contributed by atoms with Crippen LogP contribution < -0.4 is 14.8 Å². The summed E-state index contributed by atoms with van der Waals surface area (Å²) in [7, 11) is 1.63. The van der Waals surface area contributed by atoms with E-state index in [4.69, 9.17) is 9.47 Å². The third-order valence-corrected chi connectivity index (χ3v) is 2.87. The molecule has 17 heavy (non-hydrogen) atoms. The Hall–Kier alpha value is -1.71. The van der Waals surface area contributed by atoms with Crippen molar-refractivity contribution in [2.75, 3.05) is 13.7 Å². The van der Waals surface area contributed by atoms with Gasteiger partial charge in [0.1, 0.15) is 11.5 Å². The van der Waals surface area contributed by atoms with Crippen LogP contribution >= 0.6 is 0 Å². The van der Waals surface area contributed by atoms with E-state index < -0.39 is 0 Å². The Labute approximate surface area is 101 Å². The van der Waals surface area contributed by atoms with Crippen molar-refractivity contribution in [3.63, 3.8) is 0 Å². The predicted octanol–water partition coefficient (Wildman–Crippen LogP) is 2.04. The smallest absolute Gasteiger partial charge is 0.217 e. The third-order valence-electron chi connectivity index (χ3n) is 2.87. The van der Waals surface area contributed by atoms with Gasteiger partial charge in [-0.2, -0.15) is 0 Å². The van der Waals surface area contributed by atoms with Crippen molar-refractivity contribution in [1.29, 1.82) is 0 Å². The number of ether oxygens (including phenoxy) is 2. The summed E-state index contributed by atoms with van der Waals surface area (Å²) in [6.07, 6.45) is 1.83. The molecule has 0 saturated carbocycles. The van der Waals surface area contributed by atoms with Gasteiger partial charge in [0.15, 0.2) is 0 Å². The van der Waals surface area contributed by atoms with Crippen LogP contribution in [0.1, 0.15) is 31.4 Å². The maximum atomic E-state index is 11.2. The van der Waals surface area contributed by atoms with Crippen LogP contribution in [0.5, 0.6) is 11.5 Å². The molecule has 4 heteroatoms. The molecule has 2 rings (SSSR count). The van der Waals surface area contributed by atoms with Crippen molar-refractivity contribution in [3.05, 3.63) is 23.8 Å². The lowest BCUT2D eigenvalue weighted by molar-refractivity contribution is -0.119. The minimum absolute atomic E-state index is 0.0151. The molecule has 1 aromatic rings. The number of rotatable bonds is 2. The van der Waals surface area contributed by atoms with Gasteiger partial charge in [-0.1, -0.05) is 0 Å². The maximum absolute atomic E-state index is 11.2. The fraction of sp³-hybridized carbons (Fsp3) is 0.462. The van der Waals surface area contributed by atoms with E-state index in [-0.39, 0.29) is 11.9 Å². The zero-order valence-electron chi connectivity index (χ0n) is 10.2. The van der Waals surface area contributed by atoms with Gasteiger partial charge in [-0.05, 0) is 25.0 Å². The number of nitrogens with one attached hydrogen (secondary N) is 1. The SMILES string of the molecule is COc1ccc2c(c1)OCCC[C@@H]2NC(C)=O. The molecule has 1 atom stereocenters. The zero-order valence-corrected chi connectivity index (χ0v) is 10.2. The molecule has 0 radical (unpaired) electrons. The molecule has 0 spiro atoms. The van der Waals surface area contributed by atoms with E-state index in [0.717, 1.165) is 29.9 Å². The van der Waals surface area contributed by atoms with Crippen LogP contribution in [0, 0.1) is 0 Å². The highest BCUT2D eigenvalue weighted by Crippen LogP contribution is 2.34. The second-order valence-electron chi connectivity index (χ2n) is 4.15. The Balaban J connectivity index is 2.31. The number of fused-ring (bicyclic) bond motifs is 1. The van der Waals surface area contributed by atoms with Gasteiger partial charge in [0.2, 0.25) is 5.91 Å². The first-order chi connectivity index (χ1) is 8.20. The fourth-order valence-electron chi connectivity index (χ4n) is 2.07. The number of benzene rings is 1. The number of amides is 1. The summed E-state index contributed by atoms with van der Waals surface area (Å²) in [6.45, 7) is 2.21. The van der Waals surface area contributed by atoms with E-state index in [1.807, 2.05) is 18.2 Å². The molecule has 1 aliphatic heterocycles. The number of carbonyl (C=O) groups excluding carboxylic acids is 1. The quantitative estimate of drug-likeness (QED) is 0.853. The molecule has 1 amide bonds. The van der Waals surface area contributed by atoms with Gasteiger partial charge in [0.25, 0.3) is 0 Å². The average Bonchev–Trinajstić information content (AvgIpc) is 2.50. The lowest BCUT2D eigenvalue weighted by Gasteiger charge is -2.17. The maximum Gasteiger partial charge on any atom is 0.217 e. The zero-order chi connectivity index (χ0) is 12.3. The predicted molar refractivity (Wildman–Crippen MR) is 64.3 cm³/mol. The minimum atomic E-state index is -0.0151. The average molecular weight is 235 g/mol. The molecule has 1 N–H and O–H groups in total. The molecule has 92 valence electrons. The van der Waals surface area contributed by atoms with E-state index in [0.29, 0.717) is 6.61 Å². The van der Waals surface area contributed by atoms with Gasteiger partial charge in [0, 0.05) is 18.6 Å². The minimum Gasteiger partial charge on any atom is -0.497 e.